The molecule has 1 heterocycles. The first kappa shape index (κ1) is 20.2. The molecular formula is C20H17N3O5S. The number of nitro groups is 1. The first-order chi connectivity index (χ1) is 13.9. The number of nitrogens with zero attached hydrogens (tertiary/aromatic N) is 3. The third kappa shape index (κ3) is 4.82. The zero-order valence-electron chi connectivity index (χ0n) is 15.7. The predicted molar refractivity (Wildman–Crippen MR) is 109 cm³/mol. The van der Waals surface area contributed by atoms with Crippen molar-refractivity contribution in [2.24, 2.45) is 4.99 Å². The third-order valence-corrected chi connectivity index (χ3v) is 5.10. The van der Waals surface area contributed by atoms with E-state index in [-0.39, 0.29) is 12.2 Å². The molecule has 1 aromatic heterocycles. The van der Waals surface area contributed by atoms with E-state index in [9.17, 15) is 19.7 Å². The molecular weight excluding hydrogens is 394 g/mol. The number of methoxy groups -OCH3 is 1. The third-order valence-electron chi connectivity index (χ3n) is 4.06. The lowest BCUT2D eigenvalue weighted by molar-refractivity contribution is -0.384. The van der Waals surface area contributed by atoms with Crippen LogP contribution in [0.3, 0.4) is 0 Å². The topological polar surface area (TPSA) is 104 Å². The molecule has 0 saturated carbocycles. The normalized spacial score (nSPS) is 11.9. The van der Waals surface area contributed by atoms with Gasteiger partial charge in [0, 0.05) is 18.2 Å². The van der Waals surface area contributed by atoms with Crippen molar-refractivity contribution < 1.29 is 19.2 Å². The highest BCUT2D eigenvalue weighted by Crippen LogP contribution is 2.19. The Morgan fingerprint density at radius 1 is 1.28 bits per heavy atom. The zero-order valence-corrected chi connectivity index (χ0v) is 16.5. The quantitative estimate of drug-likeness (QED) is 0.277. The Labute approximate surface area is 169 Å². The molecule has 3 aromatic rings. The van der Waals surface area contributed by atoms with Crippen molar-refractivity contribution in [1.29, 1.82) is 0 Å². The van der Waals surface area contributed by atoms with E-state index < -0.39 is 16.8 Å². The Morgan fingerprint density at radius 3 is 2.79 bits per heavy atom. The van der Waals surface area contributed by atoms with Gasteiger partial charge in [0.25, 0.3) is 11.6 Å². The van der Waals surface area contributed by atoms with Gasteiger partial charge in [0.05, 0.1) is 22.2 Å². The summed E-state index contributed by atoms with van der Waals surface area (Å²) in [6.45, 7) is 1.88. The van der Waals surface area contributed by atoms with E-state index >= 15 is 0 Å². The van der Waals surface area contributed by atoms with E-state index in [0.717, 1.165) is 15.8 Å². The van der Waals surface area contributed by atoms with Gasteiger partial charge in [-0.15, -0.1) is 0 Å². The number of aromatic nitrogens is 1. The number of hydrogen-bond acceptors (Lipinski definition) is 6. The van der Waals surface area contributed by atoms with Crippen LogP contribution in [0.4, 0.5) is 5.69 Å². The number of non-ortho nitro benzene ring substituents is 1. The van der Waals surface area contributed by atoms with Crippen LogP contribution < -0.4 is 4.80 Å². The number of thiazole rings is 1. The highest BCUT2D eigenvalue weighted by atomic mass is 32.1. The molecule has 0 saturated heterocycles. The maximum absolute atomic E-state index is 12.3. The second-order valence-electron chi connectivity index (χ2n) is 6.15. The number of fused-ring (bicyclic) bond motifs is 1. The number of ether oxygens (including phenoxy) is 1. The summed E-state index contributed by atoms with van der Waals surface area (Å²) in [5, 5.41) is 10.8. The van der Waals surface area contributed by atoms with E-state index in [0.29, 0.717) is 10.4 Å². The smallest absolute Gasteiger partial charge is 0.325 e. The Kier molecular flexibility index (Phi) is 5.99. The van der Waals surface area contributed by atoms with Gasteiger partial charge >= 0.3 is 5.97 Å². The lowest BCUT2D eigenvalue weighted by Crippen LogP contribution is -2.22. The van der Waals surface area contributed by atoms with E-state index in [1.54, 1.807) is 10.6 Å². The number of esters is 1. The van der Waals surface area contributed by atoms with Crippen LogP contribution in [0, 0.1) is 17.0 Å². The molecule has 0 N–H and O–H groups in total. The van der Waals surface area contributed by atoms with Crippen LogP contribution >= 0.6 is 11.3 Å². The molecule has 0 aliphatic heterocycles. The van der Waals surface area contributed by atoms with Gasteiger partial charge in [0.2, 0.25) is 0 Å². The Morgan fingerprint density at radius 2 is 2.07 bits per heavy atom. The van der Waals surface area contributed by atoms with Gasteiger partial charge in [-0.05, 0) is 36.3 Å². The van der Waals surface area contributed by atoms with Crippen molar-refractivity contribution in [3.63, 3.8) is 0 Å². The second-order valence-corrected chi connectivity index (χ2v) is 7.16. The number of aryl methyl sites for hydroxylation is 1. The lowest BCUT2D eigenvalue weighted by atomic mass is 10.2. The average Bonchev–Trinajstić information content (AvgIpc) is 3.02. The summed E-state index contributed by atoms with van der Waals surface area (Å²) in [5.41, 5.74) is 2.28. The van der Waals surface area contributed by atoms with E-state index in [1.807, 2.05) is 25.1 Å². The number of carbonyl (C=O) groups is 2. The lowest BCUT2D eigenvalue weighted by Gasteiger charge is -2.03. The molecule has 0 spiro atoms. The van der Waals surface area contributed by atoms with E-state index in [4.69, 9.17) is 4.74 Å². The molecule has 0 aliphatic rings. The number of rotatable bonds is 5. The summed E-state index contributed by atoms with van der Waals surface area (Å²) < 4.78 is 7.26. The summed E-state index contributed by atoms with van der Waals surface area (Å²) in [6.07, 6.45) is 2.69. The fourth-order valence-electron chi connectivity index (χ4n) is 2.65. The van der Waals surface area contributed by atoms with Gasteiger partial charge in [-0.3, -0.25) is 19.7 Å². The summed E-state index contributed by atoms with van der Waals surface area (Å²) >= 11 is 1.29. The van der Waals surface area contributed by atoms with Crippen LogP contribution in [0.15, 0.2) is 53.5 Å². The van der Waals surface area contributed by atoms with Crippen molar-refractivity contribution in [2.75, 3.05) is 7.11 Å². The van der Waals surface area contributed by atoms with Crippen LogP contribution in [0.1, 0.15) is 11.1 Å². The standard InChI is InChI=1S/C20H17N3O5S/c1-13-6-8-16-17(10-13)29-20(22(16)12-19(25)28-2)21-18(24)9-7-14-4-3-5-15(11-14)23(26)27/h3-11H,12H2,1-2H3. The molecule has 0 radical (unpaired) electrons. The number of carbonyl (C=O) groups excluding carboxylic acids is 2. The molecule has 0 fully saturated rings. The zero-order chi connectivity index (χ0) is 21.0. The van der Waals surface area contributed by atoms with E-state index in [2.05, 4.69) is 4.99 Å². The fraction of sp³-hybridized carbons (Fsp3) is 0.150. The highest BCUT2D eigenvalue weighted by molar-refractivity contribution is 7.16. The summed E-state index contributed by atoms with van der Waals surface area (Å²) in [7, 11) is 1.30. The first-order valence-corrected chi connectivity index (χ1v) is 9.37. The summed E-state index contributed by atoms with van der Waals surface area (Å²) in [6, 6.07) is 11.7. The van der Waals surface area contributed by atoms with Crippen molar-refractivity contribution in [2.45, 2.75) is 13.5 Å². The monoisotopic (exact) mass is 411 g/mol. The maximum atomic E-state index is 12.3. The van der Waals surface area contributed by atoms with Crippen LogP contribution in [0.2, 0.25) is 0 Å². The molecule has 0 unspecified atom stereocenters. The molecule has 148 valence electrons. The van der Waals surface area contributed by atoms with Crippen LogP contribution in [-0.4, -0.2) is 28.5 Å². The van der Waals surface area contributed by atoms with Crippen molar-refractivity contribution >= 4 is 45.2 Å². The predicted octanol–water partition coefficient (Wildman–Crippen LogP) is 3.23. The summed E-state index contributed by atoms with van der Waals surface area (Å²) in [4.78, 5) is 38.9. The highest BCUT2D eigenvalue weighted by Gasteiger charge is 2.11. The van der Waals surface area contributed by atoms with Gasteiger partial charge in [0.1, 0.15) is 6.54 Å². The van der Waals surface area contributed by atoms with Gasteiger partial charge < -0.3 is 9.30 Å². The molecule has 8 nitrogen and oxygen atoms in total. The van der Waals surface area contributed by atoms with Gasteiger partial charge in [-0.2, -0.15) is 4.99 Å². The van der Waals surface area contributed by atoms with Gasteiger partial charge in [-0.1, -0.05) is 29.5 Å². The molecule has 3 rings (SSSR count). The minimum absolute atomic E-state index is 0.0627. The largest absolute Gasteiger partial charge is 0.468 e. The Hall–Kier alpha value is -3.59. The maximum Gasteiger partial charge on any atom is 0.325 e. The molecule has 9 heteroatoms. The van der Waals surface area contributed by atoms with Crippen LogP contribution in [0.25, 0.3) is 16.3 Å². The average molecular weight is 411 g/mol. The van der Waals surface area contributed by atoms with Crippen molar-refractivity contribution in [3.8, 4) is 0 Å². The molecule has 0 aliphatic carbocycles. The second kappa shape index (κ2) is 8.61. The molecule has 2 aromatic carbocycles. The van der Waals surface area contributed by atoms with Crippen LogP contribution in [0.5, 0.6) is 0 Å². The van der Waals surface area contributed by atoms with Gasteiger partial charge in [-0.25, -0.2) is 0 Å². The van der Waals surface area contributed by atoms with Crippen molar-refractivity contribution in [1.82, 2.24) is 4.57 Å². The Balaban J connectivity index is 1.97. The van der Waals surface area contributed by atoms with Crippen molar-refractivity contribution in [3.05, 3.63) is 74.6 Å². The Bertz CT molecular complexity index is 1210. The first-order valence-electron chi connectivity index (χ1n) is 8.55. The number of amides is 1. The van der Waals surface area contributed by atoms with E-state index in [1.165, 1.54) is 48.8 Å². The fourth-order valence-corrected chi connectivity index (χ4v) is 3.79. The summed E-state index contributed by atoms with van der Waals surface area (Å²) in [5.74, 6) is -0.996. The number of benzene rings is 2. The number of nitro benzene ring substituents is 1. The number of hydrogen-bond donors (Lipinski definition) is 0. The van der Waals surface area contributed by atoms with Gasteiger partial charge in [0.15, 0.2) is 4.80 Å². The molecule has 0 atom stereocenters. The van der Waals surface area contributed by atoms with Crippen LogP contribution in [-0.2, 0) is 20.9 Å². The SMILES string of the molecule is COC(=O)Cn1c(=NC(=O)C=Cc2cccc([N+](=O)[O-])c2)sc2cc(C)ccc21. The molecule has 0 bridgehead atoms. The molecule has 1 amide bonds. The molecule has 29 heavy (non-hydrogen) atoms. The minimum Gasteiger partial charge on any atom is -0.468 e. The minimum atomic E-state index is -0.543.